The molecule has 1 fully saturated rings. The Hall–Kier alpha value is -4.72. The lowest BCUT2D eigenvalue weighted by Crippen LogP contribution is -2.49. The molecule has 6 rings (SSSR count). The fourth-order valence-corrected chi connectivity index (χ4v) is 8.40. The molecule has 13 heteroatoms. The van der Waals surface area contributed by atoms with Gasteiger partial charge in [-0.3, -0.25) is 14.2 Å². The highest BCUT2D eigenvalue weighted by Crippen LogP contribution is 2.34. The number of hydrogen-bond acceptors (Lipinski definition) is 9. The number of ether oxygens (including phenoxy) is 2. The first-order valence-corrected chi connectivity index (χ1v) is 16.5. The van der Waals surface area contributed by atoms with Gasteiger partial charge in [-0.2, -0.15) is 4.31 Å². The average Bonchev–Trinajstić information content (AvgIpc) is 3.41. The monoisotopic (exact) mass is 645 g/mol. The molecule has 0 aliphatic carbocycles. The van der Waals surface area contributed by atoms with Crippen molar-refractivity contribution in [2.75, 3.05) is 43.5 Å². The molecule has 0 unspecified atom stereocenters. The van der Waals surface area contributed by atoms with Gasteiger partial charge in [0, 0.05) is 36.7 Å². The molecule has 232 valence electrons. The molecule has 1 saturated heterocycles. The number of anilines is 2. The van der Waals surface area contributed by atoms with Crippen LogP contribution in [0, 0.1) is 6.92 Å². The molecule has 3 aromatic carbocycles. The lowest BCUT2D eigenvalue weighted by molar-refractivity contribution is -0.116. The molecule has 0 spiro atoms. The second-order valence-electron chi connectivity index (χ2n) is 10.4. The number of fused-ring (bicyclic) bond motifs is 1. The minimum Gasteiger partial charge on any atom is -0.495 e. The van der Waals surface area contributed by atoms with Crippen LogP contribution in [0.25, 0.3) is 10.2 Å². The van der Waals surface area contributed by atoms with E-state index in [9.17, 15) is 18.0 Å². The number of para-hydroxylation sites is 3. The summed E-state index contributed by atoms with van der Waals surface area (Å²) in [5, 5.41) is 2.77. The summed E-state index contributed by atoms with van der Waals surface area (Å²) in [6.07, 6.45) is 1.28. The fourth-order valence-electron chi connectivity index (χ4n) is 5.31. The molecule has 3 heterocycles. The molecule has 45 heavy (non-hydrogen) atoms. The lowest BCUT2D eigenvalue weighted by atomic mass is 10.2. The summed E-state index contributed by atoms with van der Waals surface area (Å²) >= 11 is 1.15. The number of sulfonamides is 1. The number of aryl methyl sites for hydroxylation is 1. The third-order valence-corrected chi connectivity index (χ3v) is 10.7. The average molecular weight is 646 g/mol. The lowest BCUT2D eigenvalue weighted by Gasteiger charge is -2.35. The van der Waals surface area contributed by atoms with E-state index < -0.39 is 21.5 Å². The van der Waals surface area contributed by atoms with Crippen molar-refractivity contribution in [2.24, 2.45) is 0 Å². The summed E-state index contributed by atoms with van der Waals surface area (Å²) in [6, 6.07) is 23.8. The van der Waals surface area contributed by atoms with Gasteiger partial charge in [0.2, 0.25) is 15.9 Å². The van der Waals surface area contributed by atoms with Crippen molar-refractivity contribution in [3.05, 3.63) is 100 Å². The maximum Gasteiger partial charge on any atom is 0.263 e. The molecule has 0 radical (unpaired) electrons. The van der Waals surface area contributed by atoms with Crippen molar-refractivity contribution in [3.63, 3.8) is 0 Å². The zero-order chi connectivity index (χ0) is 31.6. The number of amides is 1. The van der Waals surface area contributed by atoms with E-state index >= 15 is 0 Å². The number of carbonyl (C=O) groups is 1. The second-order valence-corrected chi connectivity index (χ2v) is 13.5. The predicted octanol–water partition coefficient (Wildman–Crippen LogP) is 4.72. The molecule has 1 aliphatic rings. The summed E-state index contributed by atoms with van der Waals surface area (Å²) in [4.78, 5) is 33.7. The van der Waals surface area contributed by atoms with E-state index in [0.717, 1.165) is 27.3 Å². The highest BCUT2D eigenvalue weighted by atomic mass is 32.2. The number of rotatable bonds is 9. The van der Waals surface area contributed by atoms with E-state index in [1.807, 2.05) is 54.6 Å². The van der Waals surface area contributed by atoms with Crippen molar-refractivity contribution in [1.82, 2.24) is 13.9 Å². The summed E-state index contributed by atoms with van der Waals surface area (Å²) in [5.41, 5.74) is 0.831. The van der Waals surface area contributed by atoms with Crippen LogP contribution in [-0.4, -0.2) is 61.5 Å². The van der Waals surface area contributed by atoms with Crippen LogP contribution in [0.2, 0.25) is 0 Å². The maximum atomic E-state index is 13.9. The summed E-state index contributed by atoms with van der Waals surface area (Å²) in [5.74, 6) is 1.56. The summed E-state index contributed by atoms with van der Waals surface area (Å²) in [6.45, 7) is 2.74. The number of methoxy groups -OCH3 is 1. The first kappa shape index (κ1) is 30.3. The second kappa shape index (κ2) is 12.7. The number of aromatic nitrogens is 2. The molecular formula is C32H31N5O6S2. The highest BCUT2D eigenvalue weighted by molar-refractivity contribution is 7.89. The van der Waals surface area contributed by atoms with Crippen molar-refractivity contribution in [1.29, 1.82) is 0 Å². The molecule has 2 aromatic heterocycles. The molecular weight excluding hydrogens is 615 g/mol. The van der Waals surface area contributed by atoms with Gasteiger partial charge in [-0.25, -0.2) is 13.4 Å². The predicted molar refractivity (Wildman–Crippen MR) is 174 cm³/mol. The number of nitrogens with zero attached hydrogens (tertiary/aromatic N) is 4. The first-order valence-electron chi connectivity index (χ1n) is 14.2. The third-order valence-electron chi connectivity index (χ3n) is 7.49. The number of piperazine rings is 1. The third kappa shape index (κ3) is 6.27. The van der Waals surface area contributed by atoms with E-state index in [1.165, 1.54) is 10.6 Å². The van der Waals surface area contributed by atoms with Crippen LogP contribution in [0.5, 0.6) is 17.2 Å². The number of carbonyl (C=O) groups excluding carboxylic acids is 1. The van der Waals surface area contributed by atoms with Crippen molar-refractivity contribution < 1.29 is 22.7 Å². The normalized spacial score (nSPS) is 14.0. The maximum absolute atomic E-state index is 13.9. The smallest absolute Gasteiger partial charge is 0.263 e. The van der Waals surface area contributed by atoms with E-state index in [-0.39, 0.29) is 29.9 Å². The van der Waals surface area contributed by atoms with Crippen molar-refractivity contribution in [3.8, 4) is 17.2 Å². The number of benzene rings is 3. The highest BCUT2D eigenvalue weighted by Gasteiger charge is 2.34. The van der Waals surface area contributed by atoms with Crippen molar-refractivity contribution in [2.45, 2.75) is 18.4 Å². The molecule has 11 nitrogen and oxygen atoms in total. The van der Waals surface area contributed by atoms with Crippen molar-refractivity contribution >= 4 is 48.9 Å². The largest absolute Gasteiger partial charge is 0.495 e. The van der Waals surface area contributed by atoms with E-state index in [0.29, 0.717) is 40.0 Å². The molecule has 1 N–H and O–H groups in total. The first-order chi connectivity index (χ1) is 21.7. The van der Waals surface area contributed by atoms with E-state index in [4.69, 9.17) is 9.47 Å². The summed E-state index contributed by atoms with van der Waals surface area (Å²) < 4.78 is 41.7. The Kier molecular flexibility index (Phi) is 8.57. The molecule has 0 bridgehead atoms. The van der Waals surface area contributed by atoms with Gasteiger partial charge < -0.3 is 19.7 Å². The van der Waals surface area contributed by atoms with Crippen LogP contribution < -0.4 is 25.2 Å². The van der Waals surface area contributed by atoms with Crippen LogP contribution in [0.4, 0.5) is 11.4 Å². The molecule has 5 aromatic rings. The summed E-state index contributed by atoms with van der Waals surface area (Å²) in [7, 11) is -2.41. The zero-order valence-electron chi connectivity index (χ0n) is 24.7. The zero-order valence-corrected chi connectivity index (χ0v) is 26.3. The molecule has 1 aliphatic heterocycles. The minimum atomic E-state index is -4.02. The van der Waals surface area contributed by atoms with Gasteiger partial charge in [0.1, 0.15) is 33.5 Å². The Bertz CT molecular complexity index is 2000. The molecule has 1 amide bonds. The number of thiophene rings is 1. The van der Waals surface area contributed by atoms with Crippen LogP contribution in [-0.2, 0) is 21.4 Å². The van der Waals surface area contributed by atoms with Crippen LogP contribution in [0.3, 0.4) is 0 Å². The van der Waals surface area contributed by atoms with Gasteiger partial charge in [0.25, 0.3) is 5.56 Å². The van der Waals surface area contributed by atoms with Gasteiger partial charge in [-0.15, -0.1) is 11.3 Å². The Morgan fingerprint density at radius 1 is 0.933 bits per heavy atom. The van der Waals surface area contributed by atoms with Crippen LogP contribution in [0.15, 0.2) is 94.9 Å². The molecule has 0 saturated carbocycles. The Morgan fingerprint density at radius 3 is 2.31 bits per heavy atom. The van der Waals surface area contributed by atoms with Gasteiger partial charge in [0.05, 0.1) is 24.5 Å². The fraction of sp³-hybridized carbons (Fsp3) is 0.219. The number of nitrogens with one attached hydrogen (secondary N) is 1. The van der Waals surface area contributed by atoms with Gasteiger partial charge in [0.15, 0.2) is 0 Å². The quantitative estimate of drug-likeness (QED) is 0.245. The van der Waals surface area contributed by atoms with Crippen LogP contribution in [0.1, 0.15) is 4.88 Å². The Labute approximate surface area is 264 Å². The number of hydrogen-bond donors (Lipinski definition) is 1. The topological polar surface area (TPSA) is 123 Å². The van der Waals surface area contributed by atoms with Gasteiger partial charge in [-0.1, -0.05) is 30.3 Å². The van der Waals surface area contributed by atoms with Gasteiger partial charge >= 0.3 is 0 Å². The SMILES string of the molecule is COc1ccccc1N1CCN(S(=O)(=O)c2c(C)sc3ncn(CC(=O)Nc4ccc(Oc5ccccc5)cc4)c(=O)c23)CC1. The Morgan fingerprint density at radius 2 is 1.60 bits per heavy atom. The van der Waals surface area contributed by atoms with Gasteiger partial charge in [-0.05, 0) is 55.5 Å². The van der Waals surface area contributed by atoms with Crippen LogP contribution >= 0.6 is 11.3 Å². The van der Waals surface area contributed by atoms with E-state index in [1.54, 1.807) is 38.3 Å². The standard InChI is InChI=1S/C32H31N5O6S2/c1-22-30(45(40,41)37-18-16-35(17-19-37)26-10-6-7-11-27(26)42-2)29-31(44-22)33-21-36(32(29)39)20-28(38)34-23-12-14-25(15-13-23)43-24-8-4-3-5-9-24/h3-15,21H,16-20H2,1-2H3,(H,34,38). The Balaban J connectivity index is 1.17. The van der Waals surface area contributed by atoms with E-state index in [2.05, 4.69) is 15.2 Å². The minimum absolute atomic E-state index is 0.00220. The molecule has 0 atom stereocenters.